The molecule has 0 saturated carbocycles. The summed E-state index contributed by atoms with van der Waals surface area (Å²) in [6.45, 7) is 4.33. The van der Waals surface area contributed by atoms with Crippen LogP contribution in [0, 0.1) is 13.8 Å². The lowest BCUT2D eigenvalue weighted by atomic mass is 10.1. The number of hydrazine groups is 1. The molecule has 5 heteroatoms. The number of benzene rings is 1. The molecule has 0 spiro atoms. The zero-order chi connectivity index (χ0) is 15.4. The van der Waals surface area contributed by atoms with Crippen LogP contribution in [0.1, 0.15) is 27.3 Å². The molecule has 1 aromatic heterocycles. The van der Waals surface area contributed by atoms with Crippen LogP contribution in [0.3, 0.4) is 0 Å². The number of hydrogen-bond donors (Lipinski definition) is 2. The maximum Gasteiger partial charge on any atom is 0.256 e. The number of rotatable bonds is 4. The molecule has 2 rings (SSSR count). The van der Waals surface area contributed by atoms with Gasteiger partial charge in [-0.15, -0.1) is 0 Å². The third kappa shape index (κ3) is 3.58. The topological polar surface area (TPSA) is 71.2 Å². The predicted molar refractivity (Wildman–Crippen MR) is 83.8 cm³/mol. The molecule has 3 N–H and O–H groups in total. The van der Waals surface area contributed by atoms with Crippen LogP contribution in [0.2, 0.25) is 0 Å². The van der Waals surface area contributed by atoms with Gasteiger partial charge >= 0.3 is 0 Å². The monoisotopic (exact) mass is 284 g/mol. The van der Waals surface area contributed by atoms with Gasteiger partial charge in [0.1, 0.15) is 0 Å². The van der Waals surface area contributed by atoms with Gasteiger partial charge in [-0.3, -0.25) is 15.6 Å². The molecule has 2 aromatic rings. The molecule has 0 radical (unpaired) electrons. The Hall–Kier alpha value is -2.40. The lowest BCUT2D eigenvalue weighted by molar-refractivity contribution is 0.0784. The van der Waals surface area contributed by atoms with Crippen molar-refractivity contribution >= 4 is 11.6 Å². The van der Waals surface area contributed by atoms with Crippen molar-refractivity contribution in [3.8, 4) is 0 Å². The normalized spacial score (nSPS) is 10.3. The number of nitrogens with zero attached hydrogens (tertiary/aromatic N) is 2. The van der Waals surface area contributed by atoms with Crippen LogP contribution in [-0.2, 0) is 6.54 Å². The molecule has 5 nitrogen and oxygen atoms in total. The number of nitrogens with one attached hydrogen (secondary N) is 1. The number of hydrogen-bond acceptors (Lipinski definition) is 4. The molecule has 0 aliphatic heterocycles. The summed E-state index contributed by atoms with van der Waals surface area (Å²) in [4.78, 5) is 18.6. The van der Waals surface area contributed by atoms with E-state index in [1.807, 2.05) is 44.2 Å². The molecule has 21 heavy (non-hydrogen) atoms. The van der Waals surface area contributed by atoms with Crippen molar-refractivity contribution < 1.29 is 4.79 Å². The molecule has 0 fully saturated rings. The highest BCUT2D eigenvalue weighted by molar-refractivity contribution is 5.99. The second-order valence-corrected chi connectivity index (χ2v) is 5.12. The van der Waals surface area contributed by atoms with Gasteiger partial charge < -0.3 is 10.3 Å². The van der Waals surface area contributed by atoms with Gasteiger partial charge in [-0.1, -0.05) is 17.7 Å². The van der Waals surface area contributed by atoms with E-state index in [4.69, 9.17) is 5.84 Å². The summed E-state index contributed by atoms with van der Waals surface area (Å²) in [6.07, 6.45) is 0. The van der Waals surface area contributed by atoms with Gasteiger partial charge in [-0.05, 0) is 38.1 Å². The highest BCUT2D eigenvalue weighted by Gasteiger charge is 2.16. The van der Waals surface area contributed by atoms with E-state index < -0.39 is 0 Å². The Kier molecular flexibility index (Phi) is 4.55. The fourth-order valence-electron chi connectivity index (χ4n) is 2.17. The Balaban J connectivity index is 2.21. The quantitative estimate of drug-likeness (QED) is 0.667. The fourth-order valence-corrected chi connectivity index (χ4v) is 2.17. The van der Waals surface area contributed by atoms with Gasteiger partial charge in [0.05, 0.1) is 23.5 Å². The third-order valence-corrected chi connectivity index (χ3v) is 3.25. The first-order valence-corrected chi connectivity index (χ1v) is 6.76. The number of amides is 1. The molecule has 0 unspecified atom stereocenters. The average molecular weight is 284 g/mol. The van der Waals surface area contributed by atoms with Crippen LogP contribution in [0.4, 0.5) is 5.69 Å². The van der Waals surface area contributed by atoms with Crippen LogP contribution in [0.5, 0.6) is 0 Å². The van der Waals surface area contributed by atoms with Crippen molar-refractivity contribution in [3.63, 3.8) is 0 Å². The maximum atomic E-state index is 12.6. The lowest BCUT2D eigenvalue weighted by Crippen LogP contribution is -2.28. The minimum atomic E-state index is -0.0880. The molecule has 0 saturated heterocycles. The predicted octanol–water partition coefficient (Wildman–Crippen LogP) is 2.26. The number of carbonyl (C=O) groups excluding carboxylic acids is 1. The zero-order valence-corrected chi connectivity index (χ0v) is 12.6. The first kappa shape index (κ1) is 15.0. The third-order valence-electron chi connectivity index (χ3n) is 3.25. The number of nitrogen functional groups attached to an aromatic ring is 1. The van der Waals surface area contributed by atoms with E-state index in [0.717, 1.165) is 17.0 Å². The lowest BCUT2D eigenvalue weighted by Gasteiger charge is -2.19. The van der Waals surface area contributed by atoms with Crippen molar-refractivity contribution in [3.05, 3.63) is 58.9 Å². The van der Waals surface area contributed by atoms with Gasteiger partial charge in [-0.2, -0.15) is 0 Å². The molecule has 0 atom stereocenters. The number of anilines is 1. The summed E-state index contributed by atoms with van der Waals surface area (Å²) in [5.41, 5.74) is 6.56. The Morgan fingerprint density at radius 1 is 1.29 bits per heavy atom. The van der Waals surface area contributed by atoms with Gasteiger partial charge in [0.15, 0.2) is 0 Å². The first-order valence-electron chi connectivity index (χ1n) is 6.76. The molecule has 0 aliphatic rings. The van der Waals surface area contributed by atoms with Gasteiger partial charge in [0.25, 0.3) is 5.91 Å². The minimum absolute atomic E-state index is 0.0880. The maximum absolute atomic E-state index is 12.6. The molecule has 1 heterocycles. The molecule has 0 bridgehead atoms. The number of pyridine rings is 1. The summed E-state index contributed by atoms with van der Waals surface area (Å²) in [7, 11) is 1.76. The smallest absolute Gasteiger partial charge is 0.256 e. The molecule has 110 valence electrons. The number of aromatic nitrogens is 1. The van der Waals surface area contributed by atoms with Crippen molar-refractivity contribution in [1.29, 1.82) is 0 Å². The number of nitrogens with two attached hydrogens (primary N) is 1. The van der Waals surface area contributed by atoms with E-state index in [2.05, 4.69) is 10.4 Å². The standard InChI is InChI=1S/C16H20N4O/c1-11-7-8-15(19-17)14(9-11)16(21)20(3)10-13-6-4-5-12(2)18-13/h4-9,19H,10,17H2,1-3H3. The Morgan fingerprint density at radius 3 is 2.71 bits per heavy atom. The summed E-state index contributed by atoms with van der Waals surface area (Å²) in [5.74, 6) is 5.39. The van der Waals surface area contributed by atoms with Crippen molar-refractivity contribution in [2.75, 3.05) is 12.5 Å². The fraction of sp³-hybridized carbons (Fsp3) is 0.250. The summed E-state index contributed by atoms with van der Waals surface area (Å²) < 4.78 is 0. The summed E-state index contributed by atoms with van der Waals surface area (Å²) in [6, 6.07) is 11.3. The number of aryl methyl sites for hydroxylation is 2. The second kappa shape index (κ2) is 6.37. The van der Waals surface area contributed by atoms with E-state index in [9.17, 15) is 4.79 Å². The first-order chi connectivity index (χ1) is 10.0. The SMILES string of the molecule is Cc1ccc(NN)c(C(=O)N(C)Cc2cccc(C)n2)c1. The van der Waals surface area contributed by atoms with Crippen LogP contribution < -0.4 is 11.3 Å². The van der Waals surface area contributed by atoms with E-state index in [1.165, 1.54) is 0 Å². The molecular formula is C16H20N4O. The zero-order valence-electron chi connectivity index (χ0n) is 12.6. The van der Waals surface area contributed by atoms with Crippen molar-refractivity contribution in [1.82, 2.24) is 9.88 Å². The number of carbonyl (C=O) groups is 1. The highest BCUT2D eigenvalue weighted by Crippen LogP contribution is 2.18. The van der Waals surface area contributed by atoms with Crippen LogP contribution in [-0.4, -0.2) is 22.8 Å². The van der Waals surface area contributed by atoms with Crippen LogP contribution in [0.25, 0.3) is 0 Å². The Labute approximate surface area is 124 Å². The van der Waals surface area contributed by atoms with Crippen LogP contribution >= 0.6 is 0 Å². The van der Waals surface area contributed by atoms with Gasteiger partial charge in [0, 0.05) is 12.7 Å². The molecule has 1 amide bonds. The van der Waals surface area contributed by atoms with E-state index in [-0.39, 0.29) is 5.91 Å². The van der Waals surface area contributed by atoms with Gasteiger partial charge in [0.2, 0.25) is 0 Å². The highest BCUT2D eigenvalue weighted by atomic mass is 16.2. The minimum Gasteiger partial charge on any atom is -0.336 e. The van der Waals surface area contributed by atoms with Crippen molar-refractivity contribution in [2.45, 2.75) is 20.4 Å². The molecule has 1 aromatic carbocycles. The Morgan fingerprint density at radius 2 is 2.05 bits per heavy atom. The van der Waals surface area contributed by atoms with Crippen molar-refractivity contribution in [2.24, 2.45) is 5.84 Å². The Bertz CT molecular complexity index is 654. The summed E-state index contributed by atoms with van der Waals surface area (Å²) in [5, 5.41) is 0. The van der Waals surface area contributed by atoms with E-state index in [0.29, 0.717) is 17.8 Å². The molecular weight excluding hydrogens is 264 g/mol. The largest absolute Gasteiger partial charge is 0.336 e. The van der Waals surface area contributed by atoms with E-state index in [1.54, 1.807) is 18.0 Å². The average Bonchev–Trinajstić information content (AvgIpc) is 2.46. The molecule has 0 aliphatic carbocycles. The van der Waals surface area contributed by atoms with E-state index >= 15 is 0 Å². The summed E-state index contributed by atoms with van der Waals surface area (Å²) >= 11 is 0. The van der Waals surface area contributed by atoms with Gasteiger partial charge in [-0.25, -0.2) is 0 Å². The second-order valence-electron chi connectivity index (χ2n) is 5.12. The van der Waals surface area contributed by atoms with Crippen LogP contribution in [0.15, 0.2) is 36.4 Å².